The van der Waals surface area contributed by atoms with E-state index in [1.165, 1.54) is 0 Å². The Kier molecular flexibility index (Phi) is 6.41. The lowest BCUT2D eigenvalue weighted by Crippen LogP contribution is -2.40. The molecule has 1 atom stereocenters. The van der Waals surface area contributed by atoms with Gasteiger partial charge < -0.3 is 4.90 Å². The smallest absolute Gasteiger partial charge is 0.236 e. The van der Waals surface area contributed by atoms with Crippen LogP contribution in [0.2, 0.25) is 0 Å². The number of hydrogen-bond donors (Lipinski definition) is 0. The van der Waals surface area contributed by atoms with Gasteiger partial charge in [0.1, 0.15) is 0 Å². The molecule has 0 N–H and O–H groups in total. The van der Waals surface area contributed by atoms with E-state index in [1.807, 2.05) is 11.8 Å². The van der Waals surface area contributed by atoms with Crippen LogP contribution in [0.1, 0.15) is 34.6 Å². The van der Waals surface area contributed by atoms with Gasteiger partial charge in [0.2, 0.25) is 5.91 Å². The molecule has 0 aromatic heterocycles. The second-order valence-corrected chi connectivity index (χ2v) is 5.40. The zero-order chi connectivity index (χ0) is 11.3. The van der Waals surface area contributed by atoms with E-state index in [0.717, 1.165) is 13.1 Å². The SMILES string of the molecule is CCN(CC(C)C)C(=O)C(Br)C(C)C. The zero-order valence-corrected chi connectivity index (χ0v) is 11.5. The van der Waals surface area contributed by atoms with E-state index in [9.17, 15) is 4.79 Å². The van der Waals surface area contributed by atoms with Gasteiger partial charge in [0, 0.05) is 13.1 Å². The minimum Gasteiger partial charge on any atom is -0.342 e. The summed E-state index contributed by atoms with van der Waals surface area (Å²) < 4.78 is 0. The number of carbonyl (C=O) groups excluding carboxylic acids is 1. The number of alkyl halides is 1. The van der Waals surface area contributed by atoms with Crippen molar-refractivity contribution >= 4 is 21.8 Å². The molecular formula is C11H22BrNO. The number of amides is 1. The van der Waals surface area contributed by atoms with Gasteiger partial charge >= 0.3 is 0 Å². The van der Waals surface area contributed by atoms with Crippen LogP contribution in [0.5, 0.6) is 0 Å². The first-order chi connectivity index (χ1) is 6.40. The van der Waals surface area contributed by atoms with Crippen LogP contribution in [-0.4, -0.2) is 28.7 Å². The lowest BCUT2D eigenvalue weighted by atomic mass is 10.1. The molecule has 0 bridgehead atoms. The number of nitrogens with zero attached hydrogens (tertiary/aromatic N) is 1. The minimum atomic E-state index is -0.0406. The summed E-state index contributed by atoms with van der Waals surface area (Å²) in [6.07, 6.45) is 0. The van der Waals surface area contributed by atoms with Crippen molar-refractivity contribution in [3.8, 4) is 0 Å². The summed E-state index contributed by atoms with van der Waals surface area (Å²) in [7, 11) is 0. The molecule has 0 aliphatic carbocycles. The molecule has 0 spiro atoms. The summed E-state index contributed by atoms with van der Waals surface area (Å²) >= 11 is 3.45. The molecule has 14 heavy (non-hydrogen) atoms. The molecule has 0 aromatic rings. The van der Waals surface area contributed by atoms with E-state index in [2.05, 4.69) is 43.6 Å². The number of hydrogen-bond acceptors (Lipinski definition) is 1. The molecule has 0 aliphatic rings. The van der Waals surface area contributed by atoms with Gasteiger partial charge in [0.25, 0.3) is 0 Å². The van der Waals surface area contributed by atoms with Crippen molar-refractivity contribution < 1.29 is 4.79 Å². The average molecular weight is 264 g/mol. The summed E-state index contributed by atoms with van der Waals surface area (Å²) in [5.74, 6) is 1.10. The maximum Gasteiger partial charge on any atom is 0.236 e. The predicted molar refractivity (Wildman–Crippen MR) is 64.6 cm³/mol. The van der Waals surface area contributed by atoms with Crippen molar-refractivity contribution in [3.05, 3.63) is 0 Å². The van der Waals surface area contributed by atoms with Gasteiger partial charge in [-0.1, -0.05) is 43.6 Å². The second kappa shape index (κ2) is 6.44. The van der Waals surface area contributed by atoms with Crippen molar-refractivity contribution in [2.45, 2.75) is 39.4 Å². The molecule has 3 heteroatoms. The van der Waals surface area contributed by atoms with Crippen LogP contribution >= 0.6 is 15.9 Å². The highest BCUT2D eigenvalue weighted by molar-refractivity contribution is 9.10. The molecule has 0 saturated carbocycles. The second-order valence-electron chi connectivity index (χ2n) is 4.42. The van der Waals surface area contributed by atoms with Crippen LogP contribution < -0.4 is 0 Å². The normalized spacial score (nSPS) is 13.4. The summed E-state index contributed by atoms with van der Waals surface area (Å²) in [6.45, 7) is 12.1. The van der Waals surface area contributed by atoms with Gasteiger partial charge in [-0.25, -0.2) is 0 Å². The molecular weight excluding hydrogens is 242 g/mol. The highest BCUT2D eigenvalue weighted by Crippen LogP contribution is 2.15. The van der Waals surface area contributed by atoms with Crippen molar-refractivity contribution in [2.24, 2.45) is 11.8 Å². The predicted octanol–water partition coefficient (Wildman–Crippen LogP) is 2.91. The number of rotatable bonds is 5. The molecule has 2 nitrogen and oxygen atoms in total. The maximum absolute atomic E-state index is 11.9. The van der Waals surface area contributed by atoms with Crippen LogP contribution in [0.25, 0.3) is 0 Å². The fourth-order valence-corrected chi connectivity index (χ4v) is 1.56. The lowest BCUT2D eigenvalue weighted by Gasteiger charge is -2.26. The van der Waals surface area contributed by atoms with Crippen molar-refractivity contribution in [2.75, 3.05) is 13.1 Å². The fourth-order valence-electron chi connectivity index (χ4n) is 1.28. The molecule has 0 rings (SSSR count). The third-order valence-corrected chi connectivity index (χ3v) is 3.55. The molecule has 84 valence electrons. The quantitative estimate of drug-likeness (QED) is 0.699. The molecule has 0 fully saturated rings. The Morgan fingerprint density at radius 3 is 2.07 bits per heavy atom. The average Bonchev–Trinajstić information content (AvgIpc) is 2.11. The molecule has 1 amide bonds. The van der Waals surface area contributed by atoms with Gasteiger partial charge in [-0.05, 0) is 18.8 Å². The Hall–Kier alpha value is -0.0500. The van der Waals surface area contributed by atoms with Crippen molar-refractivity contribution in [3.63, 3.8) is 0 Å². The molecule has 1 unspecified atom stereocenters. The molecule has 0 aromatic carbocycles. The van der Waals surface area contributed by atoms with Gasteiger partial charge in [-0.2, -0.15) is 0 Å². The van der Waals surface area contributed by atoms with Gasteiger partial charge in [-0.3, -0.25) is 4.79 Å². The van der Waals surface area contributed by atoms with Crippen LogP contribution in [0.3, 0.4) is 0 Å². The molecule has 0 saturated heterocycles. The Morgan fingerprint density at radius 1 is 1.29 bits per heavy atom. The highest BCUT2D eigenvalue weighted by Gasteiger charge is 2.23. The molecule has 0 heterocycles. The third kappa shape index (κ3) is 4.45. The van der Waals surface area contributed by atoms with E-state index in [-0.39, 0.29) is 10.7 Å². The zero-order valence-electron chi connectivity index (χ0n) is 9.88. The van der Waals surface area contributed by atoms with Gasteiger partial charge in [0.05, 0.1) is 4.83 Å². The minimum absolute atomic E-state index is 0.0406. The first-order valence-corrected chi connectivity index (χ1v) is 6.24. The topological polar surface area (TPSA) is 20.3 Å². The van der Waals surface area contributed by atoms with Crippen LogP contribution in [0, 0.1) is 11.8 Å². The Morgan fingerprint density at radius 2 is 1.79 bits per heavy atom. The summed E-state index contributed by atoms with van der Waals surface area (Å²) in [5.41, 5.74) is 0. The first-order valence-electron chi connectivity index (χ1n) is 5.33. The monoisotopic (exact) mass is 263 g/mol. The molecule has 0 aliphatic heterocycles. The van der Waals surface area contributed by atoms with E-state index >= 15 is 0 Å². The Bertz CT molecular complexity index is 180. The standard InChI is InChI=1S/C11H22BrNO/c1-6-13(7-8(2)3)11(14)10(12)9(4)5/h8-10H,6-7H2,1-5H3. The first kappa shape index (κ1) is 13.9. The summed E-state index contributed by atoms with van der Waals surface area (Å²) in [4.78, 5) is 13.8. The largest absolute Gasteiger partial charge is 0.342 e. The number of halogens is 1. The van der Waals surface area contributed by atoms with Crippen LogP contribution in [0.4, 0.5) is 0 Å². The highest BCUT2D eigenvalue weighted by atomic mass is 79.9. The van der Waals surface area contributed by atoms with E-state index in [4.69, 9.17) is 0 Å². The Labute approximate surface area is 96.2 Å². The van der Waals surface area contributed by atoms with Gasteiger partial charge in [-0.15, -0.1) is 0 Å². The maximum atomic E-state index is 11.9. The third-order valence-electron chi connectivity index (χ3n) is 2.10. The van der Waals surface area contributed by atoms with Crippen LogP contribution in [0.15, 0.2) is 0 Å². The van der Waals surface area contributed by atoms with E-state index in [0.29, 0.717) is 11.8 Å². The number of carbonyl (C=O) groups is 1. The summed E-state index contributed by atoms with van der Waals surface area (Å²) in [6, 6.07) is 0. The van der Waals surface area contributed by atoms with Crippen molar-refractivity contribution in [1.82, 2.24) is 4.90 Å². The van der Waals surface area contributed by atoms with Crippen molar-refractivity contribution in [1.29, 1.82) is 0 Å². The van der Waals surface area contributed by atoms with Crippen LogP contribution in [-0.2, 0) is 4.79 Å². The van der Waals surface area contributed by atoms with Gasteiger partial charge in [0.15, 0.2) is 0 Å². The van der Waals surface area contributed by atoms with E-state index < -0.39 is 0 Å². The Balaban J connectivity index is 4.30. The fraction of sp³-hybridized carbons (Fsp3) is 0.909. The molecule has 0 radical (unpaired) electrons. The summed E-state index contributed by atoms with van der Waals surface area (Å²) in [5, 5.41) is 0. The lowest BCUT2D eigenvalue weighted by molar-refractivity contribution is -0.131. The van der Waals surface area contributed by atoms with E-state index in [1.54, 1.807) is 0 Å².